The van der Waals surface area contributed by atoms with Gasteiger partial charge in [0.25, 0.3) is 0 Å². The smallest absolute Gasteiger partial charge is 0.246 e. The van der Waals surface area contributed by atoms with Crippen molar-refractivity contribution in [3.63, 3.8) is 0 Å². The molecule has 0 bridgehead atoms. The lowest BCUT2D eigenvalue weighted by Crippen LogP contribution is -2.47. The Morgan fingerprint density at radius 1 is 1.35 bits per heavy atom. The number of nitrogens with one attached hydrogen (secondary N) is 1. The van der Waals surface area contributed by atoms with Crippen molar-refractivity contribution in [1.29, 1.82) is 0 Å². The number of sulfonamides is 1. The van der Waals surface area contributed by atoms with Gasteiger partial charge in [0.2, 0.25) is 10.0 Å². The van der Waals surface area contributed by atoms with Crippen LogP contribution in [0.2, 0.25) is 0 Å². The van der Waals surface area contributed by atoms with Gasteiger partial charge < -0.3 is 5.32 Å². The summed E-state index contributed by atoms with van der Waals surface area (Å²) in [6, 6.07) is 2.58. The topological polar surface area (TPSA) is 49.4 Å². The summed E-state index contributed by atoms with van der Waals surface area (Å²) in [5, 5.41) is 3.02. The molecule has 0 spiro atoms. The van der Waals surface area contributed by atoms with E-state index < -0.39 is 26.6 Å². The molecule has 2 rings (SSSR count). The average Bonchev–Trinajstić information content (AvgIpc) is 2.38. The molecule has 1 heterocycles. The van der Waals surface area contributed by atoms with Crippen LogP contribution < -0.4 is 5.32 Å². The third kappa shape index (κ3) is 3.46. The first-order valence-corrected chi connectivity index (χ1v) is 7.51. The molecule has 0 radical (unpaired) electrons. The molecule has 1 aromatic carbocycles. The number of benzene rings is 1. The zero-order valence-corrected chi connectivity index (χ0v) is 12.6. The molecule has 1 unspecified atom stereocenters. The maximum atomic E-state index is 13.6. The number of rotatable bonds is 3. The van der Waals surface area contributed by atoms with Crippen LogP contribution in [0.1, 0.15) is 12.8 Å². The Labute approximate surface area is 123 Å². The fraction of sp³-hybridized carbons (Fsp3) is 0.500. The molecular weight excluding hydrogens is 310 g/mol. The third-order valence-electron chi connectivity index (χ3n) is 3.30. The van der Waals surface area contributed by atoms with Crippen LogP contribution in [0, 0.1) is 11.6 Å². The number of piperidine rings is 1. The third-order valence-corrected chi connectivity index (χ3v) is 5.20. The van der Waals surface area contributed by atoms with E-state index in [-0.39, 0.29) is 18.4 Å². The summed E-state index contributed by atoms with van der Waals surface area (Å²) in [5.41, 5.74) is 0. The van der Waals surface area contributed by atoms with Crippen molar-refractivity contribution in [1.82, 2.24) is 9.62 Å². The lowest BCUT2D eigenvalue weighted by molar-refractivity contribution is 0.292. The van der Waals surface area contributed by atoms with E-state index in [1.165, 1.54) is 4.31 Å². The first kappa shape index (κ1) is 17.3. The summed E-state index contributed by atoms with van der Waals surface area (Å²) in [4.78, 5) is -0.467. The summed E-state index contributed by atoms with van der Waals surface area (Å²) < 4.78 is 52.3. The highest BCUT2D eigenvalue weighted by atomic mass is 35.5. The van der Waals surface area contributed by atoms with Crippen LogP contribution in [0.15, 0.2) is 23.1 Å². The van der Waals surface area contributed by atoms with Crippen molar-refractivity contribution in [3.05, 3.63) is 29.8 Å². The predicted octanol–water partition coefficient (Wildman–Crippen LogP) is 1.76. The number of hydrogen-bond acceptors (Lipinski definition) is 3. The molecule has 0 amide bonds. The van der Waals surface area contributed by atoms with Gasteiger partial charge in [-0.05, 0) is 32.0 Å². The van der Waals surface area contributed by atoms with Crippen LogP contribution in [-0.2, 0) is 10.0 Å². The van der Waals surface area contributed by atoms with Gasteiger partial charge in [-0.3, -0.25) is 0 Å². The number of nitrogens with zero attached hydrogens (tertiary/aromatic N) is 1. The van der Waals surface area contributed by atoms with E-state index in [0.717, 1.165) is 18.6 Å². The zero-order valence-electron chi connectivity index (χ0n) is 11.0. The Balaban J connectivity index is 0.00000200. The van der Waals surface area contributed by atoms with Gasteiger partial charge in [0.1, 0.15) is 16.5 Å². The van der Waals surface area contributed by atoms with Crippen molar-refractivity contribution in [2.75, 3.05) is 20.1 Å². The molecule has 114 valence electrons. The van der Waals surface area contributed by atoms with Gasteiger partial charge in [0.05, 0.1) is 0 Å². The Hall–Kier alpha value is -0.760. The van der Waals surface area contributed by atoms with Crippen LogP contribution >= 0.6 is 12.4 Å². The van der Waals surface area contributed by atoms with E-state index in [1.807, 2.05) is 0 Å². The number of hydrogen-bond donors (Lipinski definition) is 1. The van der Waals surface area contributed by atoms with Crippen LogP contribution in [0.5, 0.6) is 0 Å². The van der Waals surface area contributed by atoms with Gasteiger partial charge in [0.15, 0.2) is 0 Å². The van der Waals surface area contributed by atoms with Gasteiger partial charge in [-0.2, -0.15) is 4.31 Å². The normalized spacial score (nSPS) is 20.4. The fourth-order valence-electron chi connectivity index (χ4n) is 2.22. The van der Waals surface area contributed by atoms with Gasteiger partial charge in [-0.15, -0.1) is 12.4 Å². The summed E-state index contributed by atoms with van der Waals surface area (Å²) in [6.45, 7) is 0.660. The monoisotopic (exact) mass is 326 g/mol. The molecular formula is C12H17ClF2N2O2S. The van der Waals surface area contributed by atoms with E-state index in [4.69, 9.17) is 0 Å². The quantitative estimate of drug-likeness (QED) is 0.921. The Morgan fingerprint density at radius 2 is 2.05 bits per heavy atom. The van der Waals surface area contributed by atoms with Crippen LogP contribution in [-0.4, -0.2) is 38.9 Å². The van der Waals surface area contributed by atoms with E-state index in [0.29, 0.717) is 25.6 Å². The second-order valence-corrected chi connectivity index (χ2v) is 6.47. The van der Waals surface area contributed by atoms with Crippen molar-refractivity contribution in [3.8, 4) is 0 Å². The maximum Gasteiger partial charge on any atom is 0.246 e. The molecule has 1 aliphatic heterocycles. The summed E-state index contributed by atoms with van der Waals surface area (Å²) >= 11 is 0. The average molecular weight is 327 g/mol. The molecule has 0 aliphatic carbocycles. The summed E-state index contributed by atoms with van der Waals surface area (Å²) in [6.07, 6.45) is 1.60. The SMILES string of the molecule is CNC1CCCN(S(=O)(=O)c2ccc(F)cc2F)C1.Cl. The second kappa shape index (κ2) is 6.80. The molecule has 20 heavy (non-hydrogen) atoms. The Morgan fingerprint density at radius 3 is 2.65 bits per heavy atom. The first-order valence-electron chi connectivity index (χ1n) is 6.07. The Kier molecular flexibility index (Phi) is 5.88. The van der Waals surface area contributed by atoms with Gasteiger partial charge in [-0.1, -0.05) is 0 Å². The maximum absolute atomic E-state index is 13.6. The number of likely N-dealkylation sites (N-methyl/N-ethyl adjacent to an activating group) is 1. The minimum absolute atomic E-state index is 0. The van der Waals surface area contributed by atoms with E-state index in [1.54, 1.807) is 7.05 Å². The fourth-order valence-corrected chi connectivity index (χ4v) is 3.79. The molecule has 1 aromatic rings. The zero-order chi connectivity index (χ0) is 14.0. The highest BCUT2D eigenvalue weighted by Crippen LogP contribution is 2.23. The van der Waals surface area contributed by atoms with Crippen molar-refractivity contribution >= 4 is 22.4 Å². The molecule has 1 atom stereocenters. The molecule has 0 aromatic heterocycles. The van der Waals surface area contributed by atoms with E-state index in [2.05, 4.69) is 5.32 Å². The summed E-state index contributed by atoms with van der Waals surface area (Å²) in [7, 11) is -2.14. The van der Waals surface area contributed by atoms with E-state index in [9.17, 15) is 17.2 Å². The highest BCUT2D eigenvalue weighted by molar-refractivity contribution is 7.89. The second-order valence-electron chi connectivity index (χ2n) is 4.57. The van der Waals surface area contributed by atoms with Gasteiger partial charge in [-0.25, -0.2) is 17.2 Å². The molecule has 1 aliphatic rings. The largest absolute Gasteiger partial charge is 0.316 e. The summed E-state index contributed by atoms with van der Waals surface area (Å²) in [5.74, 6) is -1.84. The Bertz CT molecular complexity index is 569. The molecule has 4 nitrogen and oxygen atoms in total. The van der Waals surface area contributed by atoms with Gasteiger partial charge in [0, 0.05) is 25.2 Å². The standard InChI is InChI=1S/C12H16F2N2O2S.ClH/c1-15-10-3-2-6-16(8-10)19(17,18)12-5-4-9(13)7-11(12)14;/h4-5,7,10,15H,2-3,6,8H2,1H3;1H. The number of halogens is 3. The van der Waals surface area contributed by atoms with Crippen molar-refractivity contribution < 1.29 is 17.2 Å². The lowest BCUT2D eigenvalue weighted by Gasteiger charge is -2.31. The van der Waals surface area contributed by atoms with Crippen LogP contribution in [0.4, 0.5) is 8.78 Å². The van der Waals surface area contributed by atoms with Gasteiger partial charge >= 0.3 is 0 Å². The van der Waals surface area contributed by atoms with Crippen LogP contribution in [0.3, 0.4) is 0 Å². The first-order chi connectivity index (χ1) is 8.95. The van der Waals surface area contributed by atoms with Crippen molar-refractivity contribution in [2.45, 2.75) is 23.8 Å². The highest BCUT2D eigenvalue weighted by Gasteiger charge is 2.31. The molecule has 1 N–H and O–H groups in total. The van der Waals surface area contributed by atoms with Crippen LogP contribution in [0.25, 0.3) is 0 Å². The van der Waals surface area contributed by atoms with Crippen molar-refractivity contribution in [2.24, 2.45) is 0 Å². The lowest BCUT2D eigenvalue weighted by atomic mass is 10.1. The minimum Gasteiger partial charge on any atom is -0.316 e. The molecule has 0 saturated carbocycles. The van der Waals surface area contributed by atoms with E-state index >= 15 is 0 Å². The molecule has 1 fully saturated rings. The molecule has 1 saturated heterocycles. The minimum atomic E-state index is -3.90. The molecule has 8 heteroatoms. The predicted molar refractivity (Wildman–Crippen MR) is 74.4 cm³/mol.